The minimum Gasteiger partial charge on any atom is -0.378 e. The van der Waals surface area contributed by atoms with Crippen LogP contribution < -0.4 is 14.9 Å². The van der Waals surface area contributed by atoms with Gasteiger partial charge < -0.3 is 10.2 Å². The number of carbonyl (C=O) groups is 1. The SMILES string of the molecule is CC(C)CNS(=O)(=O)c1cc(C(=O)Nc2ccc(N(C)C)cc2)c(Cl)cc1Cl. The van der Waals surface area contributed by atoms with Gasteiger partial charge in [-0.3, -0.25) is 4.79 Å². The number of hydrogen-bond acceptors (Lipinski definition) is 4. The molecule has 2 aromatic rings. The third kappa shape index (κ3) is 5.61. The molecule has 6 nitrogen and oxygen atoms in total. The quantitative estimate of drug-likeness (QED) is 0.670. The van der Waals surface area contributed by atoms with E-state index in [0.717, 1.165) is 5.69 Å². The van der Waals surface area contributed by atoms with Crippen LogP contribution in [0.2, 0.25) is 10.0 Å². The maximum Gasteiger partial charge on any atom is 0.257 e. The van der Waals surface area contributed by atoms with Crippen LogP contribution in [0, 0.1) is 5.92 Å². The van der Waals surface area contributed by atoms with E-state index in [4.69, 9.17) is 23.2 Å². The molecule has 2 N–H and O–H groups in total. The molecule has 0 saturated heterocycles. The third-order valence-electron chi connectivity index (χ3n) is 3.88. The summed E-state index contributed by atoms with van der Waals surface area (Å²) in [6.45, 7) is 4.01. The van der Waals surface area contributed by atoms with Gasteiger partial charge in [0.25, 0.3) is 5.91 Å². The molecule has 28 heavy (non-hydrogen) atoms. The van der Waals surface area contributed by atoms with E-state index in [-0.39, 0.29) is 33.0 Å². The number of sulfonamides is 1. The Hall–Kier alpha value is -1.80. The second kappa shape index (κ2) is 9.13. The maximum absolute atomic E-state index is 12.6. The second-order valence-corrected chi connectivity index (χ2v) is 9.45. The number of anilines is 2. The van der Waals surface area contributed by atoms with E-state index < -0.39 is 15.9 Å². The lowest BCUT2D eigenvalue weighted by atomic mass is 10.2. The zero-order valence-electron chi connectivity index (χ0n) is 16.1. The van der Waals surface area contributed by atoms with Gasteiger partial charge >= 0.3 is 0 Å². The van der Waals surface area contributed by atoms with E-state index in [2.05, 4.69) is 10.0 Å². The predicted octanol–water partition coefficient (Wildman–Crippen LogP) is 4.25. The highest BCUT2D eigenvalue weighted by molar-refractivity contribution is 7.89. The minimum atomic E-state index is -3.87. The van der Waals surface area contributed by atoms with Crippen molar-refractivity contribution < 1.29 is 13.2 Å². The van der Waals surface area contributed by atoms with Crippen LogP contribution in [0.4, 0.5) is 11.4 Å². The number of hydrogen-bond donors (Lipinski definition) is 2. The summed E-state index contributed by atoms with van der Waals surface area (Å²) >= 11 is 12.2. The highest BCUT2D eigenvalue weighted by atomic mass is 35.5. The van der Waals surface area contributed by atoms with E-state index in [0.29, 0.717) is 5.69 Å². The van der Waals surface area contributed by atoms with Crippen molar-refractivity contribution in [1.82, 2.24) is 4.72 Å². The maximum atomic E-state index is 12.6. The Morgan fingerprint density at radius 2 is 1.68 bits per heavy atom. The van der Waals surface area contributed by atoms with Gasteiger partial charge in [0.05, 0.1) is 15.6 Å². The summed E-state index contributed by atoms with van der Waals surface area (Å²) in [7, 11) is -0.0468. The second-order valence-electron chi connectivity index (χ2n) is 6.90. The molecule has 0 unspecified atom stereocenters. The Morgan fingerprint density at radius 3 is 2.21 bits per heavy atom. The van der Waals surface area contributed by atoms with Crippen LogP contribution in [0.3, 0.4) is 0 Å². The Morgan fingerprint density at radius 1 is 1.07 bits per heavy atom. The highest BCUT2D eigenvalue weighted by Crippen LogP contribution is 2.29. The van der Waals surface area contributed by atoms with Crippen molar-refractivity contribution >= 4 is 50.5 Å². The fourth-order valence-corrected chi connectivity index (χ4v) is 4.38. The monoisotopic (exact) mass is 443 g/mol. The van der Waals surface area contributed by atoms with Crippen LogP contribution in [0.15, 0.2) is 41.3 Å². The van der Waals surface area contributed by atoms with Crippen molar-refractivity contribution in [2.75, 3.05) is 30.9 Å². The average molecular weight is 444 g/mol. The molecule has 0 heterocycles. The van der Waals surface area contributed by atoms with E-state index >= 15 is 0 Å². The van der Waals surface area contributed by atoms with Crippen LogP contribution in [0.1, 0.15) is 24.2 Å². The summed E-state index contributed by atoms with van der Waals surface area (Å²) < 4.78 is 27.5. The molecule has 0 aliphatic rings. The predicted molar refractivity (Wildman–Crippen MR) is 115 cm³/mol. The number of amides is 1. The van der Waals surface area contributed by atoms with Gasteiger partial charge in [-0.05, 0) is 42.3 Å². The van der Waals surface area contributed by atoms with E-state index in [9.17, 15) is 13.2 Å². The van der Waals surface area contributed by atoms with E-state index in [1.807, 2.05) is 45.0 Å². The topological polar surface area (TPSA) is 78.5 Å². The van der Waals surface area contributed by atoms with Gasteiger partial charge in [0.2, 0.25) is 10.0 Å². The highest BCUT2D eigenvalue weighted by Gasteiger charge is 2.23. The zero-order valence-corrected chi connectivity index (χ0v) is 18.4. The lowest BCUT2D eigenvalue weighted by molar-refractivity contribution is 0.102. The summed E-state index contributed by atoms with van der Waals surface area (Å²) in [6.07, 6.45) is 0. The molecule has 0 saturated carbocycles. The van der Waals surface area contributed by atoms with Crippen LogP contribution in [0.25, 0.3) is 0 Å². The molecule has 2 aromatic carbocycles. The first kappa shape index (κ1) is 22.5. The Labute approximate surface area is 175 Å². The summed E-state index contributed by atoms with van der Waals surface area (Å²) in [6, 6.07) is 9.65. The lowest BCUT2D eigenvalue weighted by Crippen LogP contribution is -2.28. The van der Waals surface area contributed by atoms with Crippen LogP contribution in [-0.2, 0) is 10.0 Å². The molecule has 0 spiro atoms. The Balaban J connectivity index is 2.31. The molecule has 0 atom stereocenters. The number of benzene rings is 2. The summed E-state index contributed by atoms with van der Waals surface area (Å²) in [5.74, 6) is -0.409. The summed E-state index contributed by atoms with van der Waals surface area (Å²) in [5.41, 5.74) is 1.56. The zero-order chi connectivity index (χ0) is 21.1. The summed E-state index contributed by atoms with van der Waals surface area (Å²) in [5, 5.41) is 2.73. The largest absolute Gasteiger partial charge is 0.378 e. The molecule has 152 valence electrons. The first-order valence-electron chi connectivity index (χ1n) is 8.58. The van der Waals surface area contributed by atoms with Crippen molar-refractivity contribution in [3.8, 4) is 0 Å². The molecule has 0 aliphatic heterocycles. The molecule has 0 fully saturated rings. The van der Waals surface area contributed by atoms with Crippen molar-refractivity contribution in [3.05, 3.63) is 52.0 Å². The number of carbonyl (C=O) groups excluding carboxylic acids is 1. The molecular weight excluding hydrogens is 421 g/mol. The first-order chi connectivity index (χ1) is 13.0. The van der Waals surface area contributed by atoms with Gasteiger partial charge in [0.15, 0.2) is 0 Å². The number of halogens is 2. The fourth-order valence-electron chi connectivity index (χ4n) is 2.30. The fraction of sp³-hybridized carbons (Fsp3) is 0.316. The van der Waals surface area contributed by atoms with E-state index in [1.54, 1.807) is 12.1 Å². The van der Waals surface area contributed by atoms with Crippen LogP contribution in [0.5, 0.6) is 0 Å². The molecule has 0 radical (unpaired) electrons. The first-order valence-corrected chi connectivity index (χ1v) is 10.8. The van der Waals surface area contributed by atoms with Crippen molar-refractivity contribution in [2.45, 2.75) is 18.7 Å². The van der Waals surface area contributed by atoms with E-state index in [1.165, 1.54) is 12.1 Å². The Bertz CT molecular complexity index is 959. The molecule has 2 rings (SSSR count). The molecule has 9 heteroatoms. The number of rotatable bonds is 7. The van der Waals surface area contributed by atoms with Gasteiger partial charge in [-0.15, -0.1) is 0 Å². The van der Waals surface area contributed by atoms with Gasteiger partial charge in [-0.25, -0.2) is 13.1 Å². The van der Waals surface area contributed by atoms with Gasteiger partial charge in [-0.1, -0.05) is 37.0 Å². The lowest BCUT2D eigenvalue weighted by Gasteiger charge is -2.14. The smallest absolute Gasteiger partial charge is 0.257 e. The number of nitrogens with one attached hydrogen (secondary N) is 2. The average Bonchev–Trinajstić information content (AvgIpc) is 2.60. The van der Waals surface area contributed by atoms with Crippen molar-refractivity contribution in [1.29, 1.82) is 0 Å². The normalized spacial score (nSPS) is 11.5. The minimum absolute atomic E-state index is 0.0210. The van der Waals surface area contributed by atoms with Crippen LogP contribution >= 0.6 is 23.2 Å². The molecule has 1 amide bonds. The van der Waals surface area contributed by atoms with Crippen LogP contribution in [-0.4, -0.2) is 35.0 Å². The van der Waals surface area contributed by atoms with Crippen molar-refractivity contribution in [3.63, 3.8) is 0 Å². The molecule has 0 bridgehead atoms. The molecular formula is C19H23Cl2N3O3S. The van der Waals surface area contributed by atoms with Gasteiger partial charge in [0.1, 0.15) is 4.90 Å². The van der Waals surface area contributed by atoms with Gasteiger partial charge in [0, 0.05) is 32.0 Å². The third-order valence-corrected chi connectivity index (χ3v) is 6.08. The Kier molecular flexibility index (Phi) is 7.33. The van der Waals surface area contributed by atoms with Crippen molar-refractivity contribution in [2.24, 2.45) is 5.92 Å². The molecule has 0 aliphatic carbocycles. The standard InChI is InChI=1S/C19H23Cl2N3O3S/c1-12(2)11-22-28(26,27)18-9-15(16(20)10-17(18)21)19(25)23-13-5-7-14(8-6-13)24(3)4/h5-10,12,22H,11H2,1-4H3,(H,23,25). The number of nitrogens with zero attached hydrogens (tertiary/aromatic N) is 1. The van der Waals surface area contributed by atoms with Gasteiger partial charge in [-0.2, -0.15) is 0 Å². The summed E-state index contributed by atoms with van der Waals surface area (Å²) in [4.78, 5) is 14.4. The molecule has 0 aromatic heterocycles.